The van der Waals surface area contributed by atoms with Crippen LogP contribution < -0.4 is 10.6 Å². The van der Waals surface area contributed by atoms with Crippen LogP contribution in [0, 0.1) is 0 Å². The van der Waals surface area contributed by atoms with E-state index in [1.54, 1.807) is 0 Å². The van der Waals surface area contributed by atoms with E-state index in [2.05, 4.69) is 10.6 Å². The van der Waals surface area contributed by atoms with Crippen molar-refractivity contribution < 1.29 is 14.6 Å². The second-order valence-electron chi connectivity index (χ2n) is 4.47. The lowest BCUT2D eigenvalue weighted by atomic mass is 10.2. The molecule has 0 aromatic carbocycles. The summed E-state index contributed by atoms with van der Waals surface area (Å²) in [7, 11) is 0. The maximum absolute atomic E-state index is 11.4. The van der Waals surface area contributed by atoms with Gasteiger partial charge in [-0.2, -0.15) is 0 Å². The van der Waals surface area contributed by atoms with E-state index < -0.39 is 0 Å². The van der Waals surface area contributed by atoms with Crippen LogP contribution in [0.2, 0.25) is 0 Å². The monoisotopic (exact) mass is 244 g/mol. The first kappa shape index (κ1) is 14.4. The number of aliphatic hydroxyl groups excluding tert-OH is 1. The van der Waals surface area contributed by atoms with E-state index >= 15 is 0 Å². The van der Waals surface area contributed by atoms with Gasteiger partial charge in [-0.15, -0.1) is 0 Å². The third kappa shape index (κ3) is 6.61. The lowest BCUT2D eigenvalue weighted by Crippen LogP contribution is -2.38. The van der Waals surface area contributed by atoms with Crippen molar-refractivity contribution in [2.75, 3.05) is 26.2 Å². The van der Waals surface area contributed by atoms with Crippen LogP contribution in [0.25, 0.3) is 0 Å². The highest BCUT2D eigenvalue weighted by molar-refractivity contribution is 5.77. The number of ether oxygens (including phenoxy) is 1. The van der Waals surface area contributed by atoms with Gasteiger partial charge in [-0.05, 0) is 25.7 Å². The van der Waals surface area contributed by atoms with E-state index in [9.17, 15) is 9.90 Å². The van der Waals surface area contributed by atoms with E-state index in [0.717, 1.165) is 32.4 Å². The molecule has 0 aliphatic carbocycles. The summed E-state index contributed by atoms with van der Waals surface area (Å²) in [4.78, 5) is 11.4. The Kier molecular flexibility index (Phi) is 7.16. The number of nitrogens with one attached hydrogen (secondary N) is 2. The molecule has 0 spiro atoms. The summed E-state index contributed by atoms with van der Waals surface area (Å²) in [5.41, 5.74) is 0. The van der Waals surface area contributed by atoms with Crippen molar-refractivity contribution in [1.29, 1.82) is 0 Å². The summed E-state index contributed by atoms with van der Waals surface area (Å²) >= 11 is 0. The molecule has 1 rings (SSSR count). The number of carbonyl (C=O) groups excluding carboxylic acids is 1. The molecule has 2 atom stereocenters. The molecule has 1 saturated heterocycles. The number of amides is 1. The predicted molar refractivity (Wildman–Crippen MR) is 65.8 cm³/mol. The van der Waals surface area contributed by atoms with Gasteiger partial charge in [-0.3, -0.25) is 4.79 Å². The molecule has 100 valence electrons. The smallest absolute Gasteiger partial charge is 0.233 e. The van der Waals surface area contributed by atoms with E-state index in [1.165, 1.54) is 0 Å². The first-order valence-corrected chi connectivity index (χ1v) is 6.49. The van der Waals surface area contributed by atoms with Crippen LogP contribution >= 0.6 is 0 Å². The van der Waals surface area contributed by atoms with Crippen molar-refractivity contribution in [3.8, 4) is 0 Å². The molecule has 1 heterocycles. The van der Waals surface area contributed by atoms with Gasteiger partial charge in [0.2, 0.25) is 5.91 Å². The molecular weight excluding hydrogens is 220 g/mol. The van der Waals surface area contributed by atoms with Gasteiger partial charge in [-0.25, -0.2) is 0 Å². The molecule has 5 nitrogen and oxygen atoms in total. The summed E-state index contributed by atoms with van der Waals surface area (Å²) < 4.78 is 5.43. The fraction of sp³-hybridized carbons (Fsp3) is 0.917. The summed E-state index contributed by atoms with van der Waals surface area (Å²) in [6.07, 6.45) is 3.51. The average molecular weight is 244 g/mol. The van der Waals surface area contributed by atoms with E-state index in [-0.39, 0.29) is 18.1 Å². The van der Waals surface area contributed by atoms with Crippen LogP contribution in [0.1, 0.15) is 32.6 Å². The molecule has 1 fully saturated rings. The van der Waals surface area contributed by atoms with Gasteiger partial charge in [0.05, 0.1) is 18.8 Å². The van der Waals surface area contributed by atoms with Crippen LogP contribution in [0.15, 0.2) is 0 Å². The van der Waals surface area contributed by atoms with Crippen LogP contribution in [-0.2, 0) is 9.53 Å². The van der Waals surface area contributed by atoms with Gasteiger partial charge >= 0.3 is 0 Å². The molecule has 1 aliphatic heterocycles. The Bertz CT molecular complexity index is 218. The molecule has 1 aliphatic rings. The predicted octanol–water partition coefficient (Wildman–Crippen LogP) is 0.0322. The number of hydrogen-bond acceptors (Lipinski definition) is 4. The fourth-order valence-corrected chi connectivity index (χ4v) is 1.80. The minimum absolute atomic E-state index is 0.0219. The van der Waals surface area contributed by atoms with Crippen molar-refractivity contribution in [2.24, 2.45) is 0 Å². The zero-order valence-electron chi connectivity index (χ0n) is 10.6. The van der Waals surface area contributed by atoms with E-state index in [0.29, 0.717) is 19.5 Å². The van der Waals surface area contributed by atoms with Crippen LogP contribution in [0.4, 0.5) is 0 Å². The Morgan fingerprint density at radius 3 is 3.06 bits per heavy atom. The molecule has 3 N–H and O–H groups in total. The molecule has 1 amide bonds. The SMILES string of the molecule is CCC(O)CCNC(=O)CNCC1CCCO1. The van der Waals surface area contributed by atoms with Crippen LogP contribution in [0.3, 0.4) is 0 Å². The van der Waals surface area contributed by atoms with Gasteiger partial charge in [0.1, 0.15) is 0 Å². The largest absolute Gasteiger partial charge is 0.393 e. The normalized spacial score (nSPS) is 21.4. The summed E-state index contributed by atoms with van der Waals surface area (Å²) in [6.45, 7) is 4.37. The lowest BCUT2D eigenvalue weighted by molar-refractivity contribution is -0.120. The molecule has 2 unspecified atom stereocenters. The number of carbonyl (C=O) groups is 1. The van der Waals surface area contributed by atoms with Crippen LogP contribution in [0.5, 0.6) is 0 Å². The highest BCUT2D eigenvalue weighted by atomic mass is 16.5. The Labute approximate surface area is 103 Å². The van der Waals surface area contributed by atoms with Crippen molar-refractivity contribution in [1.82, 2.24) is 10.6 Å². The van der Waals surface area contributed by atoms with Gasteiger partial charge in [0.25, 0.3) is 0 Å². The first-order valence-electron chi connectivity index (χ1n) is 6.49. The van der Waals surface area contributed by atoms with Crippen molar-refractivity contribution in [3.63, 3.8) is 0 Å². The molecule has 0 saturated carbocycles. The third-order valence-corrected chi connectivity index (χ3v) is 2.95. The molecule has 0 bridgehead atoms. The van der Waals surface area contributed by atoms with E-state index in [1.807, 2.05) is 6.92 Å². The van der Waals surface area contributed by atoms with Gasteiger partial charge in [-0.1, -0.05) is 6.92 Å². The van der Waals surface area contributed by atoms with Gasteiger partial charge in [0, 0.05) is 19.7 Å². The minimum Gasteiger partial charge on any atom is -0.393 e. The quantitative estimate of drug-likeness (QED) is 0.563. The van der Waals surface area contributed by atoms with Crippen molar-refractivity contribution >= 4 is 5.91 Å². The maximum atomic E-state index is 11.4. The minimum atomic E-state index is -0.310. The first-order chi connectivity index (χ1) is 8.22. The van der Waals surface area contributed by atoms with E-state index in [4.69, 9.17) is 4.74 Å². The number of aliphatic hydroxyl groups is 1. The summed E-state index contributed by atoms with van der Waals surface area (Å²) in [6, 6.07) is 0. The Hall–Kier alpha value is -0.650. The summed E-state index contributed by atoms with van der Waals surface area (Å²) in [5, 5.41) is 15.2. The average Bonchev–Trinajstić information content (AvgIpc) is 2.82. The highest BCUT2D eigenvalue weighted by Gasteiger charge is 2.14. The molecule has 0 aromatic rings. The summed E-state index contributed by atoms with van der Waals surface area (Å²) in [5.74, 6) is -0.0219. The molecule has 17 heavy (non-hydrogen) atoms. The highest BCUT2D eigenvalue weighted by Crippen LogP contribution is 2.10. The number of hydrogen-bond donors (Lipinski definition) is 3. The fourth-order valence-electron chi connectivity index (χ4n) is 1.80. The topological polar surface area (TPSA) is 70.6 Å². The molecule has 5 heteroatoms. The second kappa shape index (κ2) is 8.44. The van der Waals surface area contributed by atoms with Crippen molar-refractivity contribution in [2.45, 2.75) is 44.8 Å². The zero-order valence-corrected chi connectivity index (χ0v) is 10.6. The van der Waals surface area contributed by atoms with Gasteiger partial charge < -0.3 is 20.5 Å². The number of rotatable bonds is 8. The zero-order chi connectivity index (χ0) is 12.5. The third-order valence-electron chi connectivity index (χ3n) is 2.95. The second-order valence-corrected chi connectivity index (χ2v) is 4.47. The molecular formula is C12H24N2O3. The molecule has 0 radical (unpaired) electrons. The standard InChI is InChI=1S/C12H24N2O3/c1-2-10(15)5-6-14-12(16)9-13-8-11-4-3-7-17-11/h10-11,13,15H,2-9H2,1H3,(H,14,16). The lowest BCUT2D eigenvalue weighted by Gasteiger charge is -2.11. The Balaban J connectivity index is 1.93. The Morgan fingerprint density at radius 2 is 2.41 bits per heavy atom. The van der Waals surface area contributed by atoms with Crippen molar-refractivity contribution in [3.05, 3.63) is 0 Å². The van der Waals surface area contributed by atoms with Gasteiger partial charge in [0.15, 0.2) is 0 Å². The maximum Gasteiger partial charge on any atom is 0.233 e. The molecule has 0 aromatic heterocycles. The Morgan fingerprint density at radius 1 is 1.59 bits per heavy atom. The van der Waals surface area contributed by atoms with Crippen LogP contribution in [-0.4, -0.2) is 49.5 Å².